The van der Waals surface area contributed by atoms with Gasteiger partial charge in [0, 0.05) is 11.5 Å². The molecule has 0 aliphatic heterocycles. The van der Waals surface area contributed by atoms with Crippen LogP contribution in [0.3, 0.4) is 0 Å². The van der Waals surface area contributed by atoms with Crippen molar-refractivity contribution in [2.24, 2.45) is 0 Å². The Balaban J connectivity index is 1.76. The first-order chi connectivity index (χ1) is 14.6. The van der Waals surface area contributed by atoms with Gasteiger partial charge in [-0.25, -0.2) is 4.79 Å². The average Bonchev–Trinajstić information content (AvgIpc) is 2.79. The molecule has 0 heterocycles. The molecule has 3 aromatic rings. The third-order valence-corrected chi connectivity index (χ3v) is 4.68. The van der Waals surface area contributed by atoms with Gasteiger partial charge in [-0.05, 0) is 23.3 Å². The van der Waals surface area contributed by atoms with E-state index < -0.39 is 29.7 Å². The Morgan fingerprint density at radius 2 is 1.20 bits per heavy atom. The molecule has 0 saturated heterocycles. The monoisotopic (exact) mass is 402 g/mol. The second-order valence-corrected chi connectivity index (χ2v) is 6.73. The molecule has 0 saturated carbocycles. The zero-order chi connectivity index (χ0) is 21.3. The van der Waals surface area contributed by atoms with Crippen molar-refractivity contribution < 1.29 is 19.5 Å². The van der Waals surface area contributed by atoms with E-state index in [2.05, 4.69) is 10.6 Å². The second kappa shape index (κ2) is 10.0. The van der Waals surface area contributed by atoms with Crippen LogP contribution in [0.2, 0.25) is 0 Å². The van der Waals surface area contributed by atoms with Crippen molar-refractivity contribution in [1.82, 2.24) is 10.6 Å². The van der Waals surface area contributed by atoms with Gasteiger partial charge in [-0.15, -0.1) is 0 Å². The van der Waals surface area contributed by atoms with E-state index in [0.29, 0.717) is 5.56 Å². The van der Waals surface area contributed by atoms with Gasteiger partial charge in [-0.3, -0.25) is 9.59 Å². The van der Waals surface area contributed by atoms with Crippen LogP contribution in [0.1, 0.15) is 27.4 Å². The van der Waals surface area contributed by atoms with Gasteiger partial charge in [-0.2, -0.15) is 0 Å². The Kier molecular flexibility index (Phi) is 6.95. The lowest BCUT2D eigenvalue weighted by atomic mass is 9.85. The van der Waals surface area contributed by atoms with Crippen molar-refractivity contribution in [3.05, 3.63) is 108 Å². The van der Waals surface area contributed by atoms with E-state index in [0.717, 1.165) is 11.1 Å². The molecule has 6 nitrogen and oxygen atoms in total. The minimum atomic E-state index is -1.20. The summed E-state index contributed by atoms with van der Waals surface area (Å²) in [5, 5.41) is 15.0. The smallest absolute Gasteiger partial charge is 0.327 e. The summed E-state index contributed by atoms with van der Waals surface area (Å²) in [6, 6.07) is 25.6. The van der Waals surface area contributed by atoms with E-state index in [1.54, 1.807) is 30.3 Å². The number of benzene rings is 3. The van der Waals surface area contributed by atoms with E-state index in [-0.39, 0.29) is 6.54 Å². The van der Waals surface area contributed by atoms with Crippen LogP contribution in [-0.4, -0.2) is 35.5 Å². The number of rotatable bonds is 8. The maximum Gasteiger partial charge on any atom is 0.327 e. The highest BCUT2D eigenvalue weighted by atomic mass is 16.4. The number of hydrogen-bond acceptors (Lipinski definition) is 3. The zero-order valence-corrected chi connectivity index (χ0v) is 16.2. The Morgan fingerprint density at radius 1 is 0.733 bits per heavy atom. The zero-order valence-electron chi connectivity index (χ0n) is 16.2. The third-order valence-electron chi connectivity index (χ3n) is 4.68. The lowest BCUT2D eigenvalue weighted by molar-refractivity contribution is -0.142. The molecule has 0 aromatic heterocycles. The van der Waals surface area contributed by atoms with E-state index in [1.165, 1.54) is 0 Å². The van der Waals surface area contributed by atoms with Crippen LogP contribution in [0.25, 0.3) is 0 Å². The topological polar surface area (TPSA) is 95.5 Å². The summed E-state index contributed by atoms with van der Waals surface area (Å²) in [6.07, 6.45) is 0. The van der Waals surface area contributed by atoms with Gasteiger partial charge < -0.3 is 15.7 Å². The van der Waals surface area contributed by atoms with Crippen molar-refractivity contribution in [3.8, 4) is 0 Å². The highest BCUT2D eigenvalue weighted by Gasteiger charge is 2.32. The quantitative estimate of drug-likeness (QED) is 0.540. The molecule has 3 aromatic carbocycles. The molecule has 30 heavy (non-hydrogen) atoms. The predicted molar refractivity (Wildman–Crippen MR) is 113 cm³/mol. The van der Waals surface area contributed by atoms with Crippen LogP contribution >= 0.6 is 0 Å². The number of aliphatic carboxylic acids is 1. The van der Waals surface area contributed by atoms with Gasteiger partial charge in [0.1, 0.15) is 6.04 Å². The molecule has 3 rings (SSSR count). The van der Waals surface area contributed by atoms with Crippen LogP contribution in [0, 0.1) is 0 Å². The summed E-state index contributed by atoms with van der Waals surface area (Å²) in [4.78, 5) is 36.7. The lowest BCUT2D eigenvalue weighted by Crippen LogP contribution is -2.48. The van der Waals surface area contributed by atoms with E-state index in [1.807, 2.05) is 60.7 Å². The fourth-order valence-corrected chi connectivity index (χ4v) is 3.26. The minimum Gasteiger partial charge on any atom is -0.480 e. The number of carbonyl (C=O) groups is 3. The summed E-state index contributed by atoms with van der Waals surface area (Å²) in [5.41, 5.74) is 1.96. The Labute approximate surface area is 174 Å². The van der Waals surface area contributed by atoms with Crippen molar-refractivity contribution in [1.29, 1.82) is 0 Å². The summed E-state index contributed by atoms with van der Waals surface area (Å²) in [6.45, 7) is -0.326. The molecule has 0 aliphatic rings. The maximum absolute atomic E-state index is 12.5. The van der Waals surface area contributed by atoms with Crippen LogP contribution in [0.15, 0.2) is 91.0 Å². The average molecular weight is 402 g/mol. The summed E-state index contributed by atoms with van der Waals surface area (Å²) in [5.74, 6) is -2.72. The maximum atomic E-state index is 12.5. The minimum absolute atomic E-state index is 0.326. The van der Waals surface area contributed by atoms with Crippen LogP contribution in [0.5, 0.6) is 0 Å². The van der Waals surface area contributed by atoms with Gasteiger partial charge in [0.15, 0.2) is 0 Å². The Morgan fingerprint density at radius 3 is 1.67 bits per heavy atom. The molecular formula is C24H22N2O4. The summed E-state index contributed by atoms with van der Waals surface area (Å²) < 4.78 is 0. The van der Waals surface area contributed by atoms with Crippen LogP contribution in [-0.2, 0) is 9.59 Å². The van der Waals surface area contributed by atoms with Gasteiger partial charge in [-0.1, -0.05) is 78.9 Å². The molecule has 0 spiro atoms. The van der Waals surface area contributed by atoms with Crippen molar-refractivity contribution in [3.63, 3.8) is 0 Å². The molecule has 0 aliphatic carbocycles. The van der Waals surface area contributed by atoms with Gasteiger partial charge in [0.25, 0.3) is 5.91 Å². The number of carbonyl (C=O) groups excluding carboxylic acids is 2. The SMILES string of the molecule is O=C(CNC(=O)c1ccccc1)N[C@@H](C(=O)O)C(c1ccccc1)c1ccccc1. The molecule has 1 atom stereocenters. The molecule has 3 N–H and O–H groups in total. The van der Waals surface area contributed by atoms with E-state index in [4.69, 9.17) is 0 Å². The number of carboxylic acid groups (broad SMARTS) is 1. The van der Waals surface area contributed by atoms with Crippen LogP contribution < -0.4 is 10.6 Å². The Hall–Kier alpha value is -3.93. The molecule has 2 amide bonds. The van der Waals surface area contributed by atoms with E-state index >= 15 is 0 Å². The summed E-state index contributed by atoms with van der Waals surface area (Å²) >= 11 is 0. The molecule has 0 unspecified atom stereocenters. The van der Waals surface area contributed by atoms with Crippen molar-refractivity contribution in [2.75, 3.05) is 6.54 Å². The van der Waals surface area contributed by atoms with Crippen LogP contribution in [0.4, 0.5) is 0 Å². The molecular weight excluding hydrogens is 380 g/mol. The highest BCUT2D eigenvalue weighted by Crippen LogP contribution is 2.28. The Bertz CT molecular complexity index is 952. The molecule has 152 valence electrons. The fraction of sp³-hybridized carbons (Fsp3) is 0.125. The number of carboxylic acids is 1. The fourth-order valence-electron chi connectivity index (χ4n) is 3.26. The van der Waals surface area contributed by atoms with Gasteiger partial charge in [0.05, 0.1) is 6.54 Å². The highest BCUT2D eigenvalue weighted by molar-refractivity contribution is 5.96. The predicted octanol–water partition coefficient (Wildman–Crippen LogP) is 2.82. The van der Waals surface area contributed by atoms with E-state index in [9.17, 15) is 19.5 Å². The second-order valence-electron chi connectivity index (χ2n) is 6.73. The summed E-state index contributed by atoms with van der Waals surface area (Å²) in [7, 11) is 0. The first kappa shape index (κ1) is 20.8. The first-order valence-electron chi connectivity index (χ1n) is 9.51. The molecule has 0 radical (unpaired) electrons. The standard InChI is InChI=1S/C24H22N2O4/c27-20(16-25-23(28)19-14-8-3-9-15-19)26-22(24(29)30)21(17-10-4-1-5-11-17)18-12-6-2-7-13-18/h1-15,21-22H,16H2,(H,25,28)(H,26,27)(H,29,30)/t22-/m1/s1. The normalized spacial score (nSPS) is 11.5. The lowest BCUT2D eigenvalue weighted by Gasteiger charge is -2.26. The number of nitrogens with one attached hydrogen (secondary N) is 2. The largest absolute Gasteiger partial charge is 0.480 e. The third kappa shape index (κ3) is 5.32. The number of hydrogen-bond donors (Lipinski definition) is 3. The molecule has 6 heteroatoms. The first-order valence-corrected chi connectivity index (χ1v) is 9.51. The van der Waals surface area contributed by atoms with Crippen molar-refractivity contribution >= 4 is 17.8 Å². The molecule has 0 bridgehead atoms. The molecule has 0 fully saturated rings. The van der Waals surface area contributed by atoms with Crippen molar-refractivity contribution in [2.45, 2.75) is 12.0 Å². The number of amides is 2. The van der Waals surface area contributed by atoms with Gasteiger partial charge >= 0.3 is 5.97 Å². The van der Waals surface area contributed by atoms with Gasteiger partial charge in [0.2, 0.25) is 5.91 Å².